The van der Waals surface area contributed by atoms with E-state index in [1.807, 2.05) is 0 Å². The first kappa shape index (κ1) is 11.3. The fourth-order valence-corrected chi connectivity index (χ4v) is 1.68. The monoisotopic (exact) mass is 195 g/mol. The van der Waals surface area contributed by atoms with Crippen LogP contribution in [0.3, 0.4) is 0 Å². The summed E-state index contributed by atoms with van der Waals surface area (Å²) in [5.74, 6) is 0.311. The van der Waals surface area contributed by atoms with Gasteiger partial charge in [-0.2, -0.15) is 0 Å². The Bertz CT molecular complexity index is 314. The molecule has 0 spiro atoms. The van der Waals surface area contributed by atoms with Crippen molar-refractivity contribution >= 4 is 0 Å². The maximum absolute atomic E-state index is 10.1. The zero-order valence-corrected chi connectivity index (χ0v) is 9.81. The van der Waals surface area contributed by atoms with E-state index in [4.69, 9.17) is 0 Å². The van der Waals surface area contributed by atoms with Gasteiger partial charge in [0.05, 0.1) is 6.10 Å². The average molecular weight is 195 g/mol. The van der Waals surface area contributed by atoms with Crippen LogP contribution < -0.4 is 0 Å². The first-order valence-corrected chi connectivity index (χ1v) is 5.32. The maximum atomic E-state index is 10.1. The third-order valence-electron chi connectivity index (χ3n) is 3.33. The summed E-state index contributed by atoms with van der Waals surface area (Å²) < 4.78 is 0. The topological polar surface area (TPSA) is 36.0 Å². The molecular formula is C12H21NO. The third kappa shape index (κ3) is 1.85. The zero-order valence-electron chi connectivity index (χ0n) is 9.81. The Kier molecular flexibility index (Phi) is 3.38. The van der Waals surface area contributed by atoms with E-state index in [1.165, 1.54) is 16.8 Å². The molecule has 2 nitrogen and oxygen atoms in total. The molecule has 0 aliphatic carbocycles. The highest BCUT2D eigenvalue weighted by Gasteiger charge is 2.19. The van der Waals surface area contributed by atoms with Crippen LogP contribution in [0.5, 0.6) is 0 Å². The second-order valence-corrected chi connectivity index (χ2v) is 4.24. The van der Waals surface area contributed by atoms with Gasteiger partial charge in [-0.05, 0) is 37.8 Å². The van der Waals surface area contributed by atoms with Gasteiger partial charge in [-0.3, -0.25) is 0 Å². The molecule has 80 valence electrons. The van der Waals surface area contributed by atoms with Crippen LogP contribution in [0, 0.1) is 26.7 Å². The molecule has 0 radical (unpaired) electrons. The molecule has 2 unspecified atom stereocenters. The number of aryl methyl sites for hydroxylation is 1. The van der Waals surface area contributed by atoms with Crippen molar-refractivity contribution in [2.75, 3.05) is 0 Å². The molecule has 0 aliphatic rings. The number of rotatable bonds is 3. The highest BCUT2D eigenvalue weighted by Crippen LogP contribution is 2.28. The minimum absolute atomic E-state index is 0.311. The van der Waals surface area contributed by atoms with Gasteiger partial charge in [-0.1, -0.05) is 20.3 Å². The van der Waals surface area contributed by atoms with Crippen molar-refractivity contribution in [1.29, 1.82) is 0 Å². The molecule has 0 saturated heterocycles. The normalized spacial score (nSPS) is 15.6. The highest BCUT2D eigenvalue weighted by molar-refractivity contribution is 5.35. The smallest absolute Gasteiger partial charge is 0.0965 e. The van der Waals surface area contributed by atoms with Crippen molar-refractivity contribution in [3.05, 3.63) is 22.5 Å². The van der Waals surface area contributed by atoms with E-state index in [0.717, 1.165) is 12.1 Å². The molecule has 0 aliphatic heterocycles. The van der Waals surface area contributed by atoms with Crippen LogP contribution in [-0.4, -0.2) is 10.1 Å². The molecule has 2 heteroatoms. The van der Waals surface area contributed by atoms with Gasteiger partial charge in [0.2, 0.25) is 0 Å². The Morgan fingerprint density at radius 2 is 1.79 bits per heavy atom. The summed E-state index contributed by atoms with van der Waals surface area (Å²) in [6, 6.07) is 0. The Morgan fingerprint density at radius 3 is 2.14 bits per heavy atom. The number of hydrogen-bond donors (Lipinski definition) is 2. The molecule has 2 N–H and O–H groups in total. The van der Waals surface area contributed by atoms with Crippen LogP contribution in [0.15, 0.2) is 0 Å². The van der Waals surface area contributed by atoms with Crippen molar-refractivity contribution in [3.63, 3.8) is 0 Å². The largest absolute Gasteiger partial charge is 0.387 e. The molecule has 14 heavy (non-hydrogen) atoms. The van der Waals surface area contributed by atoms with E-state index < -0.39 is 0 Å². The second-order valence-electron chi connectivity index (χ2n) is 4.24. The molecule has 1 aromatic rings. The lowest BCUT2D eigenvalue weighted by atomic mass is 9.97. The molecule has 0 bridgehead atoms. The average Bonchev–Trinajstić information content (AvgIpc) is 2.43. The molecule has 1 heterocycles. The Hall–Kier alpha value is -0.760. The number of hydrogen-bond acceptors (Lipinski definition) is 1. The summed E-state index contributed by atoms with van der Waals surface area (Å²) in [5.41, 5.74) is 4.63. The fourth-order valence-electron chi connectivity index (χ4n) is 1.68. The molecule has 1 rings (SSSR count). The van der Waals surface area contributed by atoms with E-state index in [-0.39, 0.29) is 6.10 Å². The van der Waals surface area contributed by atoms with E-state index in [1.54, 1.807) is 0 Å². The van der Waals surface area contributed by atoms with Crippen molar-refractivity contribution < 1.29 is 5.11 Å². The van der Waals surface area contributed by atoms with Gasteiger partial charge in [0.15, 0.2) is 0 Å². The summed E-state index contributed by atoms with van der Waals surface area (Å²) in [6.45, 7) is 10.4. The van der Waals surface area contributed by atoms with Gasteiger partial charge in [-0.25, -0.2) is 0 Å². The third-order valence-corrected chi connectivity index (χ3v) is 3.33. The first-order valence-electron chi connectivity index (χ1n) is 5.32. The molecule has 0 fully saturated rings. The van der Waals surface area contributed by atoms with Crippen molar-refractivity contribution in [1.82, 2.24) is 4.98 Å². The van der Waals surface area contributed by atoms with Gasteiger partial charge in [0.25, 0.3) is 0 Å². The van der Waals surface area contributed by atoms with Crippen LogP contribution in [0.2, 0.25) is 0 Å². The minimum atomic E-state index is -0.354. The van der Waals surface area contributed by atoms with Crippen LogP contribution >= 0.6 is 0 Å². The second kappa shape index (κ2) is 4.18. The Morgan fingerprint density at radius 1 is 1.21 bits per heavy atom. The van der Waals surface area contributed by atoms with Gasteiger partial charge >= 0.3 is 0 Å². The highest BCUT2D eigenvalue weighted by atomic mass is 16.3. The lowest BCUT2D eigenvalue weighted by Crippen LogP contribution is -2.09. The maximum Gasteiger partial charge on any atom is 0.0965 e. The number of H-pyrrole nitrogens is 1. The summed E-state index contributed by atoms with van der Waals surface area (Å²) in [5, 5.41) is 10.1. The zero-order chi connectivity index (χ0) is 10.9. The minimum Gasteiger partial charge on any atom is -0.387 e. The molecular weight excluding hydrogens is 174 g/mol. The van der Waals surface area contributed by atoms with Crippen LogP contribution in [0.25, 0.3) is 0 Å². The van der Waals surface area contributed by atoms with Crippen molar-refractivity contribution in [2.24, 2.45) is 5.92 Å². The van der Waals surface area contributed by atoms with Crippen molar-refractivity contribution in [3.8, 4) is 0 Å². The summed E-state index contributed by atoms with van der Waals surface area (Å²) in [7, 11) is 0. The lowest BCUT2D eigenvalue weighted by Gasteiger charge is -2.17. The number of aromatic amines is 1. The van der Waals surface area contributed by atoms with E-state index >= 15 is 0 Å². The molecule has 0 aromatic carbocycles. The van der Waals surface area contributed by atoms with Crippen LogP contribution in [0.1, 0.15) is 48.9 Å². The quantitative estimate of drug-likeness (QED) is 0.764. The van der Waals surface area contributed by atoms with E-state index in [9.17, 15) is 5.11 Å². The van der Waals surface area contributed by atoms with Gasteiger partial charge in [0.1, 0.15) is 0 Å². The van der Waals surface area contributed by atoms with E-state index in [0.29, 0.717) is 5.92 Å². The van der Waals surface area contributed by atoms with Crippen molar-refractivity contribution in [2.45, 2.75) is 47.1 Å². The molecule has 1 aromatic heterocycles. The summed E-state index contributed by atoms with van der Waals surface area (Å²) >= 11 is 0. The summed E-state index contributed by atoms with van der Waals surface area (Å²) in [6.07, 6.45) is 0.643. The van der Waals surface area contributed by atoms with Gasteiger partial charge in [-0.15, -0.1) is 0 Å². The predicted molar refractivity (Wildman–Crippen MR) is 59.4 cm³/mol. The van der Waals surface area contributed by atoms with Crippen LogP contribution in [-0.2, 0) is 0 Å². The molecule has 0 saturated carbocycles. The Balaban J connectivity index is 3.01. The van der Waals surface area contributed by atoms with Crippen LogP contribution in [0.4, 0.5) is 0 Å². The molecule has 2 atom stereocenters. The van der Waals surface area contributed by atoms with Gasteiger partial charge < -0.3 is 10.1 Å². The Labute approximate surface area is 86.4 Å². The molecule has 0 amide bonds. The number of aromatic nitrogens is 1. The number of nitrogens with one attached hydrogen (secondary N) is 1. The van der Waals surface area contributed by atoms with Gasteiger partial charge in [0, 0.05) is 11.4 Å². The number of aliphatic hydroxyl groups is 1. The SMILES string of the molecule is CCC(C)C(O)c1[nH]c(C)c(C)c1C. The first-order chi connectivity index (χ1) is 6.49. The number of aliphatic hydroxyl groups excluding tert-OH is 1. The van der Waals surface area contributed by atoms with E-state index in [2.05, 4.69) is 39.6 Å². The summed E-state index contributed by atoms with van der Waals surface area (Å²) in [4.78, 5) is 3.28. The fraction of sp³-hybridized carbons (Fsp3) is 0.667. The lowest BCUT2D eigenvalue weighted by molar-refractivity contribution is 0.111. The standard InChI is InChI=1S/C12H21NO/c1-6-7(2)12(14)11-9(4)8(3)10(5)13-11/h7,12-14H,6H2,1-5H3. The predicted octanol–water partition coefficient (Wildman–Crippen LogP) is 3.02.